The minimum Gasteiger partial charge on any atom is -0.391 e. The predicted octanol–water partition coefficient (Wildman–Crippen LogP) is 0.264. The van der Waals surface area contributed by atoms with Crippen LogP contribution in [0.15, 0.2) is 0 Å². The molecule has 5 heteroatoms. The number of rotatable bonds is 7. The van der Waals surface area contributed by atoms with Gasteiger partial charge in [-0.3, -0.25) is 4.79 Å². The minimum atomic E-state index is -0.516. The molecule has 17 heavy (non-hydrogen) atoms. The normalized spacial score (nSPS) is 15.4. The van der Waals surface area contributed by atoms with Gasteiger partial charge < -0.3 is 20.9 Å². The van der Waals surface area contributed by atoms with Crippen molar-refractivity contribution < 1.29 is 14.6 Å². The van der Waals surface area contributed by atoms with Crippen LogP contribution in [0.3, 0.4) is 0 Å². The largest absolute Gasteiger partial charge is 0.391 e. The molecule has 0 saturated heterocycles. The Hall–Kier alpha value is -0.650. The molecular formula is C12H26N2O3. The molecule has 0 aliphatic heterocycles. The molecule has 0 radical (unpaired) electrons. The summed E-state index contributed by atoms with van der Waals surface area (Å²) in [6.07, 6.45) is 0.111. The molecule has 102 valence electrons. The maximum Gasteiger partial charge on any atom is 0.222 e. The number of methoxy groups -OCH3 is 1. The van der Waals surface area contributed by atoms with E-state index in [1.807, 2.05) is 20.8 Å². The summed E-state index contributed by atoms with van der Waals surface area (Å²) < 4.78 is 5.01. The topological polar surface area (TPSA) is 84.6 Å². The van der Waals surface area contributed by atoms with E-state index in [2.05, 4.69) is 5.32 Å². The van der Waals surface area contributed by atoms with Crippen LogP contribution in [0.1, 0.15) is 33.6 Å². The summed E-state index contributed by atoms with van der Waals surface area (Å²) in [4.78, 5) is 11.5. The summed E-state index contributed by atoms with van der Waals surface area (Å²) in [6.45, 7) is 6.74. The summed E-state index contributed by atoms with van der Waals surface area (Å²) in [5.74, 6) is -0.143. The number of ether oxygens (including phenoxy) is 1. The molecule has 0 aliphatic rings. The van der Waals surface area contributed by atoms with Crippen LogP contribution in [-0.4, -0.2) is 43.4 Å². The van der Waals surface area contributed by atoms with Gasteiger partial charge in [0, 0.05) is 20.2 Å². The van der Waals surface area contributed by atoms with Crippen molar-refractivity contribution in [3.8, 4) is 0 Å². The lowest BCUT2D eigenvalue weighted by Gasteiger charge is -2.22. The second-order valence-corrected chi connectivity index (χ2v) is 5.52. The van der Waals surface area contributed by atoms with E-state index in [9.17, 15) is 9.90 Å². The molecule has 0 rings (SSSR count). The third-order valence-corrected chi connectivity index (χ3v) is 2.39. The van der Waals surface area contributed by atoms with Crippen molar-refractivity contribution >= 4 is 5.91 Å². The van der Waals surface area contributed by atoms with Gasteiger partial charge in [-0.1, -0.05) is 20.8 Å². The van der Waals surface area contributed by atoms with E-state index in [0.29, 0.717) is 13.0 Å². The van der Waals surface area contributed by atoms with Crippen LogP contribution < -0.4 is 11.1 Å². The molecule has 0 aliphatic carbocycles. The Morgan fingerprint density at radius 2 is 2.06 bits per heavy atom. The van der Waals surface area contributed by atoms with Crippen molar-refractivity contribution in [2.45, 2.75) is 45.8 Å². The van der Waals surface area contributed by atoms with Crippen LogP contribution in [0.4, 0.5) is 0 Å². The standard InChI is InChI=1S/C12H26N2O3/c1-12(2,3)6-9(15)8-14-11(16)5-10(7-13)17-4/h9-10,15H,5-8,13H2,1-4H3,(H,14,16). The first-order valence-corrected chi connectivity index (χ1v) is 5.96. The fraction of sp³-hybridized carbons (Fsp3) is 0.917. The Kier molecular flexibility index (Phi) is 7.34. The van der Waals surface area contributed by atoms with E-state index in [1.165, 1.54) is 7.11 Å². The first kappa shape index (κ1) is 16.4. The number of aliphatic hydroxyl groups is 1. The monoisotopic (exact) mass is 246 g/mol. The molecule has 4 N–H and O–H groups in total. The van der Waals surface area contributed by atoms with E-state index < -0.39 is 6.10 Å². The number of hydrogen-bond donors (Lipinski definition) is 3. The quantitative estimate of drug-likeness (QED) is 0.602. The van der Waals surface area contributed by atoms with Crippen LogP contribution in [0, 0.1) is 5.41 Å². The van der Waals surface area contributed by atoms with Gasteiger partial charge in [-0.15, -0.1) is 0 Å². The van der Waals surface area contributed by atoms with Crippen molar-refractivity contribution in [2.75, 3.05) is 20.2 Å². The van der Waals surface area contributed by atoms with E-state index in [0.717, 1.165) is 0 Å². The third kappa shape index (κ3) is 9.09. The second kappa shape index (κ2) is 7.63. The highest BCUT2D eigenvalue weighted by Gasteiger charge is 2.18. The van der Waals surface area contributed by atoms with Gasteiger partial charge in [0.25, 0.3) is 0 Å². The summed E-state index contributed by atoms with van der Waals surface area (Å²) in [5.41, 5.74) is 5.47. The van der Waals surface area contributed by atoms with E-state index >= 15 is 0 Å². The molecular weight excluding hydrogens is 220 g/mol. The van der Waals surface area contributed by atoms with Gasteiger partial charge in [0.05, 0.1) is 18.6 Å². The zero-order chi connectivity index (χ0) is 13.5. The average Bonchev–Trinajstić information content (AvgIpc) is 2.20. The van der Waals surface area contributed by atoms with Crippen molar-refractivity contribution in [1.29, 1.82) is 0 Å². The number of hydrogen-bond acceptors (Lipinski definition) is 4. The van der Waals surface area contributed by atoms with Gasteiger partial charge in [-0.2, -0.15) is 0 Å². The van der Waals surface area contributed by atoms with Gasteiger partial charge in [-0.05, 0) is 11.8 Å². The lowest BCUT2D eigenvalue weighted by atomic mass is 9.89. The van der Waals surface area contributed by atoms with Gasteiger partial charge in [-0.25, -0.2) is 0 Å². The van der Waals surface area contributed by atoms with E-state index in [1.54, 1.807) is 0 Å². The van der Waals surface area contributed by atoms with Crippen LogP contribution >= 0.6 is 0 Å². The molecule has 0 heterocycles. The molecule has 0 aromatic heterocycles. The molecule has 0 saturated carbocycles. The highest BCUT2D eigenvalue weighted by Crippen LogP contribution is 2.20. The Morgan fingerprint density at radius 1 is 1.47 bits per heavy atom. The van der Waals surface area contributed by atoms with Crippen molar-refractivity contribution in [3.63, 3.8) is 0 Å². The number of carbonyl (C=O) groups is 1. The highest BCUT2D eigenvalue weighted by molar-refractivity contribution is 5.76. The van der Waals surface area contributed by atoms with E-state index in [-0.39, 0.29) is 30.4 Å². The van der Waals surface area contributed by atoms with E-state index in [4.69, 9.17) is 10.5 Å². The van der Waals surface area contributed by atoms with Gasteiger partial charge in [0.1, 0.15) is 0 Å². The van der Waals surface area contributed by atoms with Crippen LogP contribution in [0.5, 0.6) is 0 Å². The fourth-order valence-electron chi connectivity index (χ4n) is 1.55. The van der Waals surface area contributed by atoms with Crippen LogP contribution in [0.2, 0.25) is 0 Å². The predicted molar refractivity (Wildman–Crippen MR) is 67.6 cm³/mol. The molecule has 5 nitrogen and oxygen atoms in total. The Morgan fingerprint density at radius 3 is 2.47 bits per heavy atom. The number of aliphatic hydroxyl groups excluding tert-OH is 1. The first-order valence-electron chi connectivity index (χ1n) is 5.96. The van der Waals surface area contributed by atoms with Crippen molar-refractivity contribution in [1.82, 2.24) is 5.32 Å². The Labute approximate surface area is 104 Å². The maximum atomic E-state index is 11.5. The molecule has 0 fully saturated rings. The van der Waals surface area contributed by atoms with Gasteiger partial charge >= 0.3 is 0 Å². The lowest BCUT2D eigenvalue weighted by Crippen LogP contribution is -2.37. The number of nitrogens with two attached hydrogens (primary N) is 1. The number of carbonyl (C=O) groups excluding carboxylic acids is 1. The molecule has 0 aromatic carbocycles. The molecule has 0 aromatic rings. The van der Waals surface area contributed by atoms with Gasteiger partial charge in [0.2, 0.25) is 5.91 Å². The average molecular weight is 246 g/mol. The Bertz CT molecular complexity index is 222. The highest BCUT2D eigenvalue weighted by atomic mass is 16.5. The fourth-order valence-corrected chi connectivity index (χ4v) is 1.55. The van der Waals surface area contributed by atoms with Gasteiger partial charge in [0.15, 0.2) is 0 Å². The smallest absolute Gasteiger partial charge is 0.222 e. The maximum absolute atomic E-state index is 11.5. The lowest BCUT2D eigenvalue weighted by molar-refractivity contribution is -0.123. The first-order chi connectivity index (χ1) is 7.78. The van der Waals surface area contributed by atoms with Crippen LogP contribution in [0.25, 0.3) is 0 Å². The number of amides is 1. The molecule has 0 bridgehead atoms. The van der Waals surface area contributed by atoms with Crippen molar-refractivity contribution in [2.24, 2.45) is 11.1 Å². The summed E-state index contributed by atoms with van der Waals surface area (Å²) in [6, 6.07) is 0. The zero-order valence-corrected chi connectivity index (χ0v) is 11.3. The number of nitrogens with one attached hydrogen (secondary N) is 1. The summed E-state index contributed by atoms with van der Waals surface area (Å²) in [5, 5.41) is 12.4. The molecule has 1 amide bonds. The summed E-state index contributed by atoms with van der Waals surface area (Å²) >= 11 is 0. The Balaban J connectivity index is 3.84. The SMILES string of the molecule is COC(CN)CC(=O)NCC(O)CC(C)(C)C. The molecule has 2 unspecified atom stereocenters. The zero-order valence-electron chi connectivity index (χ0n) is 11.3. The second-order valence-electron chi connectivity index (χ2n) is 5.52. The van der Waals surface area contributed by atoms with Crippen molar-refractivity contribution in [3.05, 3.63) is 0 Å². The van der Waals surface area contributed by atoms with Crippen LogP contribution in [-0.2, 0) is 9.53 Å². The molecule has 0 spiro atoms. The third-order valence-electron chi connectivity index (χ3n) is 2.39. The molecule has 2 atom stereocenters. The minimum absolute atomic E-state index is 0.0521. The summed E-state index contributed by atoms with van der Waals surface area (Å²) in [7, 11) is 1.53.